The van der Waals surface area contributed by atoms with Crippen LogP contribution in [0, 0.1) is 0 Å². The molecule has 0 fully saturated rings. The van der Waals surface area contributed by atoms with E-state index in [-0.39, 0.29) is 17.1 Å². The average molecular weight is 315 g/mol. The van der Waals surface area contributed by atoms with Crippen molar-refractivity contribution < 1.29 is 22.7 Å². The fraction of sp³-hybridized carbons (Fsp3) is 0.154. The number of carboxylic acids is 1. The Morgan fingerprint density at radius 2 is 1.80 bits per heavy atom. The summed E-state index contributed by atoms with van der Waals surface area (Å²) in [5, 5.41) is 9.24. The van der Waals surface area contributed by atoms with E-state index in [2.05, 4.69) is 0 Å². The van der Waals surface area contributed by atoms with Crippen molar-refractivity contribution in [3.8, 4) is 0 Å². The van der Waals surface area contributed by atoms with Gasteiger partial charge in [0, 0.05) is 10.6 Å². The number of aromatic carboxylic acids is 1. The predicted octanol–water partition coefficient (Wildman–Crippen LogP) is 2.75. The molecule has 0 saturated carbocycles. The molecule has 0 bridgehead atoms. The summed E-state index contributed by atoms with van der Waals surface area (Å²) >= 11 is 5.92. The van der Waals surface area contributed by atoms with Gasteiger partial charge in [-0.1, -0.05) is 29.8 Å². The van der Waals surface area contributed by atoms with Crippen molar-refractivity contribution in [2.75, 3.05) is 0 Å². The van der Waals surface area contributed by atoms with Crippen molar-refractivity contribution in [3.05, 3.63) is 58.5 Å². The maximum Gasteiger partial charge on any atom is 0.372 e. The van der Waals surface area contributed by atoms with Gasteiger partial charge in [-0.15, -0.1) is 0 Å². The van der Waals surface area contributed by atoms with Gasteiger partial charge in [-0.3, -0.25) is 0 Å². The van der Waals surface area contributed by atoms with Gasteiger partial charge in [0.1, 0.15) is 0 Å². The Bertz CT molecular complexity index is 733. The summed E-state index contributed by atoms with van der Waals surface area (Å²) in [7, 11) is -3.54. The molecule has 2 aromatic rings. The lowest BCUT2D eigenvalue weighted by atomic mass is 10.2. The van der Waals surface area contributed by atoms with Crippen LogP contribution < -0.4 is 0 Å². The molecule has 0 saturated heterocycles. The van der Waals surface area contributed by atoms with E-state index in [1.165, 1.54) is 6.07 Å². The Hall–Kier alpha value is -1.79. The molecule has 0 aliphatic carbocycles. The first kappa shape index (κ1) is 14.6. The van der Waals surface area contributed by atoms with Gasteiger partial charge in [0.15, 0.2) is 9.84 Å². The lowest BCUT2D eigenvalue weighted by molar-refractivity contribution is 0.0661. The molecule has 7 heteroatoms. The minimum absolute atomic E-state index is 0.129. The van der Waals surface area contributed by atoms with Gasteiger partial charge in [-0.25, -0.2) is 13.2 Å². The molecule has 0 aliphatic rings. The topological polar surface area (TPSA) is 84.6 Å². The number of hydrogen-bond acceptors (Lipinski definition) is 4. The molecule has 0 aliphatic heterocycles. The first-order valence-electron chi connectivity index (χ1n) is 5.62. The zero-order valence-electron chi connectivity index (χ0n) is 10.2. The molecule has 1 aromatic carbocycles. The molecule has 0 radical (unpaired) electrons. The van der Waals surface area contributed by atoms with E-state index in [0.717, 1.165) is 6.26 Å². The molecule has 0 atom stereocenters. The first-order chi connectivity index (χ1) is 9.39. The summed E-state index contributed by atoms with van der Waals surface area (Å²) in [6.45, 7) is 0. The summed E-state index contributed by atoms with van der Waals surface area (Å²) in [5.74, 6) is -2.31. The highest BCUT2D eigenvalue weighted by Crippen LogP contribution is 2.21. The zero-order chi connectivity index (χ0) is 14.8. The van der Waals surface area contributed by atoms with Crippen LogP contribution in [0.3, 0.4) is 0 Å². The Morgan fingerprint density at radius 1 is 1.15 bits per heavy atom. The Balaban J connectivity index is 2.22. The van der Waals surface area contributed by atoms with Crippen LogP contribution >= 0.6 is 11.6 Å². The summed E-state index contributed by atoms with van der Waals surface area (Å²) in [5.41, 5.74) is 0.610. The fourth-order valence-electron chi connectivity index (χ4n) is 1.78. The molecular formula is C13H11ClO5S. The van der Waals surface area contributed by atoms with Crippen LogP contribution in [0.15, 0.2) is 41.0 Å². The van der Waals surface area contributed by atoms with E-state index in [9.17, 15) is 13.2 Å². The van der Waals surface area contributed by atoms with Gasteiger partial charge in [0.05, 0.1) is 17.8 Å². The van der Waals surface area contributed by atoms with Gasteiger partial charge in [0.25, 0.3) is 0 Å². The molecule has 106 valence electrons. The van der Waals surface area contributed by atoms with Crippen LogP contribution in [0.2, 0.25) is 5.02 Å². The van der Waals surface area contributed by atoms with Gasteiger partial charge in [-0.05, 0) is 17.7 Å². The smallest absolute Gasteiger partial charge is 0.372 e. The first-order valence-corrected chi connectivity index (χ1v) is 7.82. The van der Waals surface area contributed by atoms with E-state index in [1.807, 2.05) is 0 Å². The highest BCUT2D eigenvalue weighted by atomic mass is 35.5. The van der Waals surface area contributed by atoms with Crippen LogP contribution in [0.1, 0.15) is 21.7 Å². The summed E-state index contributed by atoms with van der Waals surface area (Å²) in [6.07, 6.45) is 1.16. The highest BCUT2D eigenvalue weighted by Gasteiger charge is 2.21. The number of halogens is 1. The van der Waals surface area contributed by atoms with Gasteiger partial charge in [-0.2, -0.15) is 0 Å². The Labute approximate surface area is 120 Å². The van der Waals surface area contributed by atoms with E-state index in [0.29, 0.717) is 10.6 Å². The summed E-state index contributed by atoms with van der Waals surface area (Å²) in [6, 6.07) is 7.96. The Kier molecular flexibility index (Phi) is 4.15. The fourth-order valence-corrected chi connectivity index (χ4v) is 3.59. The normalized spacial score (nSPS) is 11.4. The van der Waals surface area contributed by atoms with Crippen molar-refractivity contribution in [3.63, 3.8) is 0 Å². The molecular weight excluding hydrogens is 304 g/mol. The third-order valence-electron chi connectivity index (χ3n) is 2.65. The quantitative estimate of drug-likeness (QED) is 0.917. The molecule has 0 spiro atoms. The third-order valence-corrected chi connectivity index (χ3v) is 4.52. The molecule has 1 heterocycles. The second-order valence-electron chi connectivity index (χ2n) is 4.20. The molecule has 1 aromatic heterocycles. The summed E-state index contributed by atoms with van der Waals surface area (Å²) in [4.78, 5) is 10.9. The van der Waals surface area contributed by atoms with Crippen LogP contribution in [-0.2, 0) is 21.3 Å². The molecule has 0 amide bonds. The van der Waals surface area contributed by atoms with E-state index in [1.54, 1.807) is 24.3 Å². The lowest BCUT2D eigenvalue weighted by Gasteiger charge is -2.05. The van der Waals surface area contributed by atoms with Crippen LogP contribution in [0.4, 0.5) is 0 Å². The second-order valence-corrected chi connectivity index (χ2v) is 6.68. The number of sulfone groups is 1. The molecule has 2 rings (SSSR count). The minimum Gasteiger partial charge on any atom is -0.475 e. The zero-order valence-corrected chi connectivity index (χ0v) is 11.8. The Morgan fingerprint density at radius 3 is 2.45 bits per heavy atom. The van der Waals surface area contributed by atoms with Gasteiger partial charge >= 0.3 is 5.97 Å². The van der Waals surface area contributed by atoms with E-state index >= 15 is 0 Å². The standard InChI is InChI=1S/C13H11ClO5S/c14-11-4-2-1-3-9(11)7-20(17,18)8-10-5-6-19-12(10)13(15)16/h1-6H,7-8H2,(H,15,16). The number of rotatable bonds is 5. The average Bonchev–Trinajstić information content (AvgIpc) is 2.79. The highest BCUT2D eigenvalue weighted by molar-refractivity contribution is 7.89. The van der Waals surface area contributed by atoms with E-state index < -0.39 is 21.6 Å². The third kappa shape index (κ3) is 3.40. The number of carboxylic acid groups (broad SMARTS) is 1. The van der Waals surface area contributed by atoms with Crippen LogP contribution in [0.25, 0.3) is 0 Å². The summed E-state index contributed by atoms with van der Waals surface area (Å²) < 4.78 is 29.0. The maximum absolute atomic E-state index is 12.1. The molecule has 0 unspecified atom stereocenters. The van der Waals surface area contributed by atoms with Crippen molar-refractivity contribution in [1.29, 1.82) is 0 Å². The monoisotopic (exact) mass is 314 g/mol. The number of benzene rings is 1. The number of hydrogen-bond donors (Lipinski definition) is 1. The van der Waals surface area contributed by atoms with Crippen LogP contribution in [0.5, 0.6) is 0 Å². The SMILES string of the molecule is O=C(O)c1occc1CS(=O)(=O)Cc1ccccc1Cl. The number of carbonyl (C=O) groups is 1. The second kappa shape index (κ2) is 5.68. The van der Waals surface area contributed by atoms with Crippen molar-refractivity contribution >= 4 is 27.4 Å². The molecule has 5 nitrogen and oxygen atoms in total. The molecule has 20 heavy (non-hydrogen) atoms. The minimum atomic E-state index is -3.54. The predicted molar refractivity (Wildman–Crippen MR) is 73.4 cm³/mol. The van der Waals surface area contributed by atoms with Crippen molar-refractivity contribution in [2.45, 2.75) is 11.5 Å². The van der Waals surface area contributed by atoms with Crippen molar-refractivity contribution in [1.82, 2.24) is 0 Å². The van der Waals surface area contributed by atoms with Gasteiger partial charge in [0.2, 0.25) is 5.76 Å². The van der Waals surface area contributed by atoms with E-state index in [4.69, 9.17) is 21.1 Å². The maximum atomic E-state index is 12.1. The number of furan rings is 1. The van der Waals surface area contributed by atoms with Crippen LogP contribution in [-0.4, -0.2) is 19.5 Å². The molecule has 1 N–H and O–H groups in total. The lowest BCUT2D eigenvalue weighted by Crippen LogP contribution is -2.10. The largest absolute Gasteiger partial charge is 0.475 e. The van der Waals surface area contributed by atoms with Gasteiger partial charge < -0.3 is 9.52 Å². The van der Waals surface area contributed by atoms with Crippen molar-refractivity contribution in [2.24, 2.45) is 0 Å².